The summed E-state index contributed by atoms with van der Waals surface area (Å²) in [5.41, 5.74) is 0. The van der Waals surface area contributed by atoms with Crippen LogP contribution in [0.3, 0.4) is 0 Å². The Balaban J connectivity index is -0.0000000645. The molecule has 0 radical (unpaired) electrons. The van der Waals surface area contributed by atoms with Crippen LogP contribution in [-0.4, -0.2) is 146 Å². The van der Waals surface area contributed by atoms with Crippen LogP contribution in [0, 0.1) is 0 Å². The maximum Gasteiger partial charge on any atom is 1.00 e. The van der Waals surface area contributed by atoms with Crippen molar-refractivity contribution in [3.05, 3.63) is 0 Å². The Hall–Kier alpha value is 8.69. The maximum atomic E-state index is 10.4. The summed E-state index contributed by atoms with van der Waals surface area (Å²) in [6.45, 7) is -6.50. The molecule has 228 valence electrons. The molecule has 0 unspecified atom stereocenters. The molecule has 0 aliphatic heterocycles. The maximum absolute atomic E-state index is 10.4. The molecule has 0 aliphatic carbocycles. The van der Waals surface area contributed by atoms with E-state index in [0.717, 1.165) is 19.6 Å². The Morgan fingerprint density at radius 1 is 0.250 bits per heavy atom. The van der Waals surface area contributed by atoms with Gasteiger partial charge in [0.25, 0.3) is 0 Å². The van der Waals surface area contributed by atoms with Crippen molar-refractivity contribution in [2.24, 2.45) is 0 Å². The summed E-state index contributed by atoms with van der Waals surface area (Å²) in [5, 5.41) is 83.2. The van der Waals surface area contributed by atoms with Gasteiger partial charge in [0.1, 0.15) is 0 Å². The van der Waals surface area contributed by atoms with E-state index < -0.39 is 100 Å². The second kappa shape index (κ2) is 51.8. The first-order valence-electron chi connectivity index (χ1n) is 10.9. The van der Waals surface area contributed by atoms with E-state index in [-0.39, 0.29) is 437 Å². The number of aliphatic carboxylic acids is 8. The van der Waals surface area contributed by atoms with Gasteiger partial charge in [0.2, 0.25) is 0 Å². The quantitative estimate of drug-likeness (QED) is 0.0911. The average molecular weight is 889 g/mol. The third-order valence-corrected chi connectivity index (χ3v) is 4.29. The average Bonchev–Trinajstić information content (AvgIpc) is 2.72. The van der Waals surface area contributed by atoms with E-state index >= 15 is 0 Å². The molecule has 0 spiro atoms. The molecule has 0 aliphatic rings. The predicted molar refractivity (Wildman–Crippen MR) is 106 cm³/mol. The fraction of sp³-hybridized carbons (Fsp3) is 0.600. The van der Waals surface area contributed by atoms with Crippen molar-refractivity contribution in [3.63, 3.8) is 0 Å². The van der Waals surface area contributed by atoms with Gasteiger partial charge in [-0.25, -0.2) is 0 Å². The first-order valence-corrected chi connectivity index (χ1v) is 10.9. The second-order valence-corrected chi connectivity index (χ2v) is 7.82. The number of carboxylic acid groups (broad SMARTS) is 8. The van der Waals surface area contributed by atoms with Crippen LogP contribution < -0.4 is 452 Å². The van der Waals surface area contributed by atoms with E-state index in [1.54, 1.807) is 0 Å². The number of rotatable bonds is 22. The Morgan fingerprint density at radius 2 is 0.333 bits per heavy atom. The molecule has 0 aromatic carbocycles. The molecule has 0 heterocycles. The van der Waals surface area contributed by atoms with E-state index in [2.05, 4.69) is 0 Å². The zero-order chi connectivity index (χ0) is 31.4. The third kappa shape index (κ3) is 61.4. The summed E-state index contributed by atoms with van der Waals surface area (Å²) >= 11 is 0. The molecule has 0 bridgehead atoms. The molecule has 0 atom stereocenters. The van der Waals surface area contributed by atoms with Crippen LogP contribution in [0.2, 0.25) is 0 Å². The van der Waals surface area contributed by atoms with Gasteiger partial charge in [0.05, 0.1) is 47.8 Å². The molecule has 28 heteroatoms. The second-order valence-electron chi connectivity index (χ2n) is 7.82. The minimum absolute atomic E-state index is 0. The standard InChI is InChI=1S/2C10H16N2O8.8K/c2*13-7(14)3-11(4-8(15)16)1-2-12(5-9(17)18)6-10(19)20;;;;;;;;/h2*1-6H2,(H,13,14)(H,15,16)(H,17,18)(H,19,20);;;;;;;;/q;;8*+1/p-8. The molecule has 0 amide bonds. The van der Waals surface area contributed by atoms with Crippen molar-refractivity contribution in [1.29, 1.82) is 0 Å². The zero-order valence-corrected chi connectivity index (χ0v) is 53.8. The largest absolute Gasteiger partial charge is 1.00 e. The summed E-state index contributed by atoms with van der Waals surface area (Å²) < 4.78 is 0. The smallest absolute Gasteiger partial charge is 0.549 e. The number of nitrogens with zero attached hydrogens (tertiary/aromatic N) is 4. The first kappa shape index (κ1) is 80.7. The number of carbonyl (C=O) groups excluding carboxylic acids is 8. The van der Waals surface area contributed by atoms with Crippen LogP contribution in [0.4, 0.5) is 0 Å². The zero-order valence-electron chi connectivity index (χ0n) is 28.8. The van der Waals surface area contributed by atoms with Crippen LogP contribution >= 0.6 is 0 Å². The van der Waals surface area contributed by atoms with E-state index in [1.165, 1.54) is 0 Å². The Morgan fingerprint density at radius 3 is 0.396 bits per heavy atom. The number of carboxylic acids is 8. The summed E-state index contributed by atoms with van der Waals surface area (Å²) in [5.74, 6) is -12.2. The van der Waals surface area contributed by atoms with E-state index in [1.807, 2.05) is 0 Å². The Labute approximate surface area is 617 Å². The van der Waals surface area contributed by atoms with Gasteiger partial charge in [0.15, 0.2) is 0 Å². The Kier molecular flexibility index (Phi) is 87.1. The van der Waals surface area contributed by atoms with E-state index in [0.29, 0.717) is 0 Å². The summed E-state index contributed by atoms with van der Waals surface area (Å²) in [7, 11) is 0. The predicted octanol–water partition coefficient (Wildman–Crippen LogP) is -38.8. The summed E-state index contributed by atoms with van der Waals surface area (Å²) in [4.78, 5) is 86.8. The third-order valence-electron chi connectivity index (χ3n) is 4.29. The molecule has 0 aromatic heterocycles. The molecule has 0 saturated heterocycles. The topological polar surface area (TPSA) is 334 Å². The molecule has 0 fully saturated rings. The van der Waals surface area contributed by atoms with Crippen LogP contribution in [0.1, 0.15) is 0 Å². The molecule has 0 N–H and O–H groups in total. The fourth-order valence-corrected chi connectivity index (χ4v) is 2.88. The Bertz CT molecular complexity index is 734. The number of carbonyl (C=O) groups is 8. The number of hydrogen-bond donors (Lipinski definition) is 0. The minimum atomic E-state index is -1.53. The van der Waals surface area contributed by atoms with Crippen LogP contribution in [-0.2, 0) is 38.4 Å². The van der Waals surface area contributed by atoms with Crippen molar-refractivity contribution in [1.82, 2.24) is 19.6 Å². The molecule has 0 aromatic rings. The van der Waals surface area contributed by atoms with Gasteiger partial charge in [-0.05, 0) is 0 Å². The van der Waals surface area contributed by atoms with Crippen molar-refractivity contribution < 1.29 is 490 Å². The molecule has 48 heavy (non-hydrogen) atoms. The fourth-order valence-electron chi connectivity index (χ4n) is 2.88. The van der Waals surface area contributed by atoms with Crippen molar-refractivity contribution >= 4 is 47.8 Å². The van der Waals surface area contributed by atoms with Crippen molar-refractivity contribution in [2.45, 2.75) is 0 Å². The van der Waals surface area contributed by atoms with Gasteiger partial charge in [-0.2, -0.15) is 0 Å². The van der Waals surface area contributed by atoms with Crippen LogP contribution in [0.5, 0.6) is 0 Å². The van der Waals surface area contributed by atoms with E-state index in [4.69, 9.17) is 0 Å². The van der Waals surface area contributed by atoms with Crippen LogP contribution in [0.25, 0.3) is 0 Å². The normalized spacial score (nSPS) is 8.92. The van der Waals surface area contributed by atoms with Gasteiger partial charge < -0.3 is 79.2 Å². The molecular weight excluding hydrogens is 865 g/mol. The van der Waals surface area contributed by atoms with Gasteiger partial charge >= 0.3 is 411 Å². The van der Waals surface area contributed by atoms with Crippen molar-refractivity contribution in [3.8, 4) is 0 Å². The molecule has 0 saturated carbocycles. The minimum Gasteiger partial charge on any atom is -0.549 e. The molecule has 20 nitrogen and oxygen atoms in total. The van der Waals surface area contributed by atoms with Gasteiger partial charge in [0, 0.05) is 78.5 Å². The van der Waals surface area contributed by atoms with Crippen LogP contribution in [0.15, 0.2) is 0 Å². The monoisotopic (exact) mass is 888 g/mol. The molecular formula is C20H24K8N4O16. The van der Waals surface area contributed by atoms with Gasteiger partial charge in [-0.3, -0.25) is 19.6 Å². The molecule has 0 rings (SSSR count). The van der Waals surface area contributed by atoms with Crippen molar-refractivity contribution in [2.75, 3.05) is 78.5 Å². The van der Waals surface area contributed by atoms with Gasteiger partial charge in [-0.15, -0.1) is 0 Å². The van der Waals surface area contributed by atoms with E-state index in [9.17, 15) is 79.2 Å². The summed E-state index contributed by atoms with van der Waals surface area (Å²) in [6, 6.07) is 0. The summed E-state index contributed by atoms with van der Waals surface area (Å²) in [6.07, 6.45) is 0. The van der Waals surface area contributed by atoms with Gasteiger partial charge in [-0.1, -0.05) is 0 Å². The number of hydrogen-bond acceptors (Lipinski definition) is 20. The SMILES string of the molecule is O=C([O-])CN(CCN(CC(=O)[O-])CC(=O)[O-])CC(=O)[O-].O=C([O-])CN(CCN(CC(=O)[O-])CC(=O)[O-])CC(=O)[O-].[K+].[K+].[K+].[K+].[K+].[K+].[K+].[K+]. The first-order chi connectivity index (χ1) is 18.4.